The zero-order valence-corrected chi connectivity index (χ0v) is 11.2. The Bertz CT molecular complexity index is 252. The van der Waals surface area contributed by atoms with Crippen molar-refractivity contribution >= 4 is 12.3 Å². The van der Waals surface area contributed by atoms with Crippen molar-refractivity contribution in [3.63, 3.8) is 0 Å². The van der Waals surface area contributed by atoms with Crippen LogP contribution < -0.4 is 0 Å². The van der Waals surface area contributed by atoms with E-state index in [9.17, 15) is 9.59 Å². The summed E-state index contributed by atoms with van der Waals surface area (Å²) in [5.74, 6) is -0.361. The summed E-state index contributed by atoms with van der Waals surface area (Å²) < 4.78 is 10.1. The minimum Gasteiger partial charge on any atom is -0.469 e. The Morgan fingerprint density at radius 1 is 1.47 bits per heavy atom. The van der Waals surface area contributed by atoms with E-state index >= 15 is 0 Å². The molecular weight excluding hydrogens is 220 g/mol. The van der Waals surface area contributed by atoms with Gasteiger partial charge < -0.3 is 14.3 Å². The molecule has 0 aliphatic carbocycles. The quantitative estimate of drug-likeness (QED) is 0.483. The average molecular weight is 243 g/mol. The van der Waals surface area contributed by atoms with Gasteiger partial charge in [-0.1, -0.05) is 13.8 Å². The number of ether oxygens (including phenoxy) is 2. The molecular formula is C13H23O4. The molecule has 0 N–H and O–H groups in total. The molecule has 0 amide bonds. The van der Waals surface area contributed by atoms with Crippen LogP contribution in [-0.2, 0) is 19.1 Å². The number of hydrogen-bond acceptors (Lipinski definition) is 4. The number of esters is 1. The molecule has 0 rings (SSSR count). The van der Waals surface area contributed by atoms with Gasteiger partial charge in [-0.05, 0) is 26.2 Å². The smallest absolute Gasteiger partial charge is 0.311 e. The van der Waals surface area contributed by atoms with Crippen LogP contribution >= 0.6 is 0 Å². The second-order valence-corrected chi connectivity index (χ2v) is 4.71. The maximum absolute atomic E-state index is 11.7. The summed E-state index contributed by atoms with van der Waals surface area (Å²) in [7, 11) is 2.95. The summed E-state index contributed by atoms with van der Waals surface area (Å²) in [6, 6.07) is 0. The Labute approximate surface area is 104 Å². The predicted molar refractivity (Wildman–Crippen MR) is 65.4 cm³/mol. The van der Waals surface area contributed by atoms with Crippen LogP contribution in [0.1, 0.15) is 33.1 Å². The van der Waals surface area contributed by atoms with E-state index < -0.39 is 5.41 Å². The minimum atomic E-state index is -0.655. The molecule has 0 saturated heterocycles. The maximum Gasteiger partial charge on any atom is 0.311 e. The molecule has 3 atom stereocenters. The zero-order chi connectivity index (χ0) is 13.5. The van der Waals surface area contributed by atoms with Crippen LogP contribution in [0.3, 0.4) is 0 Å². The summed E-state index contributed by atoms with van der Waals surface area (Å²) in [4.78, 5) is 22.3. The first-order chi connectivity index (χ1) is 7.93. The number of hydrogen-bond donors (Lipinski definition) is 0. The predicted octanol–water partition coefficient (Wildman–Crippen LogP) is 2.02. The monoisotopic (exact) mass is 243 g/mol. The lowest BCUT2D eigenvalue weighted by Crippen LogP contribution is -2.34. The summed E-state index contributed by atoms with van der Waals surface area (Å²) in [5.41, 5.74) is -0.655. The lowest BCUT2D eigenvalue weighted by molar-refractivity contribution is -0.154. The molecule has 0 aromatic rings. The van der Waals surface area contributed by atoms with Crippen molar-refractivity contribution in [1.29, 1.82) is 0 Å². The molecule has 0 bridgehead atoms. The van der Waals surface area contributed by atoms with E-state index in [2.05, 4.69) is 6.92 Å². The Balaban J connectivity index is 4.61. The number of carbonyl (C=O) groups excluding carboxylic acids is 2. The highest BCUT2D eigenvalue weighted by atomic mass is 16.5. The van der Waals surface area contributed by atoms with Crippen molar-refractivity contribution in [2.24, 2.45) is 11.3 Å². The average Bonchev–Trinajstić information content (AvgIpc) is 2.36. The van der Waals surface area contributed by atoms with Crippen molar-refractivity contribution in [3.05, 3.63) is 6.92 Å². The fourth-order valence-corrected chi connectivity index (χ4v) is 1.77. The number of carbonyl (C=O) groups is 2. The number of rotatable bonds is 8. The van der Waals surface area contributed by atoms with Crippen molar-refractivity contribution < 1.29 is 19.1 Å². The van der Waals surface area contributed by atoms with E-state index in [0.717, 1.165) is 6.29 Å². The van der Waals surface area contributed by atoms with Gasteiger partial charge in [-0.3, -0.25) is 4.79 Å². The molecule has 17 heavy (non-hydrogen) atoms. The van der Waals surface area contributed by atoms with Crippen LogP contribution in [-0.4, -0.2) is 32.6 Å². The standard InChI is InChI=1S/C13H23O4/c1-6-13(3,12(15)17-5)8-11(16-4)7-10(2)9-14/h9-11H,1,6-8H2,2-5H3. The fourth-order valence-electron chi connectivity index (χ4n) is 1.77. The summed E-state index contributed by atoms with van der Waals surface area (Å²) >= 11 is 0. The first-order valence-electron chi connectivity index (χ1n) is 5.79. The van der Waals surface area contributed by atoms with E-state index in [0.29, 0.717) is 19.3 Å². The van der Waals surface area contributed by atoms with Gasteiger partial charge in [0.25, 0.3) is 0 Å². The lowest BCUT2D eigenvalue weighted by atomic mass is 9.80. The summed E-state index contributed by atoms with van der Waals surface area (Å²) in [6.07, 6.45) is 2.31. The fraction of sp³-hybridized carbons (Fsp3) is 0.769. The highest BCUT2D eigenvalue weighted by molar-refractivity contribution is 5.76. The molecule has 0 saturated carbocycles. The van der Waals surface area contributed by atoms with Crippen molar-refractivity contribution in [2.45, 2.75) is 39.2 Å². The molecule has 99 valence electrons. The van der Waals surface area contributed by atoms with Crippen LogP contribution in [0.5, 0.6) is 0 Å². The Morgan fingerprint density at radius 2 is 2.06 bits per heavy atom. The molecule has 0 heterocycles. The molecule has 0 spiro atoms. The largest absolute Gasteiger partial charge is 0.469 e. The van der Waals surface area contributed by atoms with Gasteiger partial charge in [-0.25, -0.2) is 0 Å². The van der Waals surface area contributed by atoms with Crippen molar-refractivity contribution in [3.8, 4) is 0 Å². The molecule has 0 fully saturated rings. The molecule has 4 nitrogen and oxygen atoms in total. The molecule has 3 unspecified atom stereocenters. The lowest BCUT2D eigenvalue weighted by Gasteiger charge is -2.29. The first-order valence-corrected chi connectivity index (χ1v) is 5.79. The highest BCUT2D eigenvalue weighted by Crippen LogP contribution is 2.31. The minimum absolute atomic E-state index is 0.0772. The number of methoxy groups -OCH3 is 2. The Kier molecular flexibility index (Phi) is 7.04. The van der Waals surface area contributed by atoms with Gasteiger partial charge in [0.2, 0.25) is 0 Å². The third kappa shape index (κ3) is 4.86. The highest BCUT2D eigenvalue weighted by Gasteiger charge is 2.35. The molecule has 1 radical (unpaired) electrons. The van der Waals surface area contributed by atoms with Gasteiger partial charge in [-0.2, -0.15) is 0 Å². The van der Waals surface area contributed by atoms with E-state index in [4.69, 9.17) is 9.47 Å². The molecule has 0 aliphatic heterocycles. The van der Waals surface area contributed by atoms with Crippen LogP contribution in [0.2, 0.25) is 0 Å². The molecule has 0 aliphatic rings. The topological polar surface area (TPSA) is 52.6 Å². The van der Waals surface area contributed by atoms with Crippen molar-refractivity contribution in [2.75, 3.05) is 14.2 Å². The van der Waals surface area contributed by atoms with Crippen LogP contribution in [0.4, 0.5) is 0 Å². The summed E-state index contributed by atoms with van der Waals surface area (Å²) in [5, 5.41) is 0. The van der Waals surface area contributed by atoms with Gasteiger partial charge in [-0.15, -0.1) is 0 Å². The van der Waals surface area contributed by atoms with Gasteiger partial charge >= 0.3 is 5.97 Å². The van der Waals surface area contributed by atoms with E-state index in [-0.39, 0.29) is 18.0 Å². The van der Waals surface area contributed by atoms with Gasteiger partial charge in [0.15, 0.2) is 0 Å². The normalized spacial score (nSPS) is 17.9. The van der Waals surface area contributed by atoms with Crippen molar-refractivity contribution in [1.82, 2.24) is 0 Å². The first kappa shape index (κ1) is 16.1. The van der Waals surface area contributed by atoms with Gasteiger partial charge in [0.1, 0.15) is 6.29 Å². The molecule has 0 aromatic carbocycles. The van der Waals surface area contributed by atoms with Gasteiger partial charge in [0, 0.05) is 13.0 Å². The van der Waals surface area contributed by atoms with Gasteiger partial charge in [0.05, 0.1) is 18.6 Å². The maximum atomic E-state index is 11.7. The van der Waals surface area contributed by atoms with Crippen LogP contribution in [0, 0.1) is 18.3 Å². The molecule has 4 heteroatoms. The van der Waals surface area contributed by atoms with Crippen LogP contribution in [0.15, 0.2) is 0 Å². The number of aldehydes is 1. The SMILES string of the molecule is [CH2]CC(C)(CC(CC(C)C=O)OC)C(=O)OC. The Hall–Kier alpha value is -0.900. The summed E-state index contributed by atoms with van der Waals surface area (Å²) in [6.45, 7) is 7.43. The molecule has 0 aromatic heterocycles. The van der Waals surface area contributed by atoms with E-state index in [1.807, 2.05) is 13.8 Å². The van der Waals surface area contributed by atoms with Crippen LogP contribution in [0.25, 0.3) is 0 Å². The third-order valence-electron chi connectivity index (χ3n) is 3.11. The second-order valence-electron chi connectivity index (χ2n) is 4.71. The third-order valence-corrected chi connectivity index (χ3v) is 3.11. The van der Waals surface area contributed by atoms with E-state index in [1.54, 1.807) is 7.11 Å². The second kappa shape index (κ2) is 7.43. The Morgan fingerprint density at radius 3 is 2.41 bits per heavy atom. The zero-order valence-electron chi connectivity index (χ0n) is 11.2. The van der Waals surface area contributed by atoms with E-state index in [1.165, 1.54) is 7.11 Å².